The number of methoxy groups -OCH3 is 1. The van der Waals surface area contributed by atoms with E-state index in [4.69, 9.17) is 4.74 Å². The summed E-state index contributed by atoms with van der Waals surface area (Å²) in [6.45, 7) is 1.06. The lowest BCUT2D eigenvalue weighted by Gasteiger charge is -2.06. The first-order chi connectivity index (χ1) is 5.81. The predicted molar refractivity (Wildman–Crippen MR) is 51.4 cm³/mol. The van der Waals surface area contributed by atoms with Gasteiger partial charge in [0.25, 0.3) is 0 Å². The van der Waals surface area contributed by atoms with E-state index in [1.807, 2.05) is 12.1 Å². The molecule has 1 aliphatic rings. The minimum absolute atomic E-state index is 0.498. The molecule has 0 aliphatic carbocycles. The molecule has 0 saturated carbocycles. The van der Waals surface area contributed by atoms with Crippen LogP contribution in [0.1, 0.15) is 11.6 Å². The van der Waals surface area contributed by atoms with Crippen molar-refractivity contribution in [3.05, 3.63) is 28.2 Å². The van der Waals surface area contributed by atoms with Crippen molar-refractivity contribution in [3.63, 3.8) is 0 Å². The molecule has 1 aromatic rings. The predicted octanol–water partition coefficient (Wildman–Crippen LogP) is 2.10. The van der Waals surface area contributed by atoms with E-state index in [1.165, 1.54) is 5.56 Å². The van der Waals surface area contributed by atoms with Gasteiger partial charge in [-0.3, -0.25) is 0 Å². The van der Waals surface area contributed by atoms with Crippen LogP contribution in [0.2, 0.25) is 0 Å². The summed E-state index contributed by atoms with van der Waals surface area (Å²) in [7, 11) is 1.70. The number of hydrogen-bond donors (Lipinski definition) is 1. The first kappa shape index (κ1) is 8.08. The number of rotatable bonds is 2. The third-order valence-corrected chi connectivity index (χ3v) is 2.47. The second-order valence-electron chi connectivity index (χ2n) is 2.85. The molecule has 1 aromatic carbocycles. The van der Waals surface area contributed by atoms with Crippen molar-refractivity contribution in [1.29, 1.82) is 0 Å². The number of halogens is 1. The van der Waals surface area contributed by atoms with Crippen LogP contribution < -0.4 is 10.1 Å². The molecule has 1 saturated heterocycles. The van der Waals surface area contributed by atoms with Gasteiger partial charge in [-0.25, -0.2) is 0 Å². The number of benzene rings is 1. The first-order valence-corrected chi connectivity index (χ1v) is 4.67. The van der Waals surface area contributed by atoms with E-state index in [2.05, 4.69) is 27.3 Å². The van der Waals surface area contributed by atoms with E-state index in [0.29, 0.717) is 6.04 Å². The summed E-state index contributed by atoms with van der Waals surface area (Å²) in [6, 6.07) is 6.57. The fourth-order valence-electron chi connectivity index (χ4n) is 1.26. The third-order valence-electron chi connectivity index (χ3n) is 1.98. The van der Waals surface area contributed by atoms with Crippen LogP contribution in [0.25, 0.3) is 0 Å². The summed E-state index contributed by atoms with van der Waals surface area (Å²) in [5, 5.41) is 3.25. The van der Waals surface area contributed by atoms with Crippen LogP contribution in [-0.4, -0.2) is 13.7 Å². The van der Waals surface area contributed by atoms with E-state index in [1.54, 1.807) is 7.11 Å². The highest BCUT2D eigenvalue weighted by atomic mass is 79.9. The summed E-state index contributed by atoms with van der Waals surface area (Å²) < 4.78 is 6.34. The Labute approximate surface area is 80.1 Å². The zero-order chi connectivity index (χ0) is 8.55. The molecule has 0 amide bonds. The van der Waals surface area contributed by atoms with Crippen LogP contribution in [0.4, 0.5) is 0 Å². The SMILES string of the molecule is COc1ccc(Br)cc1C1CN1. The van der Waals surface area contributed by atoms with Gasteiger partial charge < -0.3 is 10.1 Å². The summed E-state index contributed by atoms with van der Waals surface area (Å²) in [5.74, 6) is 0.966. The molecule has 12 heavy (non-hydrogen) atoms. The maximum Gasteiger partial charge on any atom is 0.123 e. The number of ether oxygens (including phenoxy) is 1. The molecule has 1 unspecified atom stereocenters. The van der Waals surface area contributed by atoms with E-state index in [9.17, 15) is 0 Å². The van der Waals surface area contributed by atoms with E-state index < -0.39 is 0 Å². The molecule has 1 heterocycles. The van der Waals surface area contributed by atoms with Gasteiger partial charge in [-0.15, -0.1) is 0 Å². The molecule has 0 radical (unpaired) electrons. The van der Waals surface area contributed by atoms with Crippen LogP contribution in [0.15, 0.2) is 22.7 Å². The summed E-state index contributed by atoms with van der Waals surface area (Å²) in [4.78, 5) is 0. The van der Waals surface area contributed by atoms with Crippen molar-refractivity contribution in [2.75, 3.05) is 13.7 Å². The minimum atomic E-state index is 0.498. The Bertz CT molecular complexity index is 297. The van der Waals surface area contributed by atoms with Crippen molar-refractivity contribution in [2.45, 2.75) is 6.04 Å². The zero-order valence-corrected chi connectivity index (χ0v) is 8.39. The molecule has 1 atom stereocenters. The lowest BCUT2D eigenvalue weighted by atomic mass is 10.1. The molecule has 2 nitrogen and oxygen atoms in total. The molecule has 1 N–H and O–H groups in total. The van der Waals surface area contributed by atoms with Gasteiger partial charge in [-0.05, 0) is 18.2 Å². The van der Waals surface area contributed by atoms with E-state index in [0.717, 1.165) is 16.8 Å². The van der Waals surface area contributed by atoms with Gasteiger partial charge in [0.15, 0.2) is 0 Å². The lowest BCUT2D eigenvalue weighted by Crippen LogP contribution is -1.91. The smallest absolute Gasteiger partial charge is 0.123 e. The maximum absolute atomic E-state index is 5.24. The second-order valence-corrected chi connectivity index (χ2v) is 3.76. The standard InChI is InChI=1S/C9H10BrNO/c1-12-9-3-2-6(10)4-7(9)8-5-11-8/h2-4,8,11H,5H2,1H3. The van der Waals surface area contributed by atoms with Crippen molar-refractivity contribution < 1.29 is 4.74 Å². The molecule has 0 bridgehead atoms. The third kappa shape index (κ3) is 1.47. The zero-order valence-electron chi connectivity index (χ0n) is 6.80. The van der Waals surface area contributed by atoms with Crippen molar-refractivity contribution in [3.8, 4) is 5.75 Å². The molecule has 1 aliphatic heterocycles. The Kier molecular flexibility index (Phi) is 2.07. The molecule has 0 aromatic heterocycles. The molecule has 0 spiro atoms. The molecule has 1 fully saturated rings. The van der Waals surface area contributed by atoms with Gasteiger partial charge in [0.05, 0.1) is 7.11 Å². The Morgan fingerprint density at radius 1 is 1.58 bits per heavy atom. The van der Waals surface area contributed by atoms with Crippen molar-refractivity contribution in [1.82, 2.24) is 5.32 Å². The lowest BCUT2D eigenvalue weighted by molar-refractivity contribution is 0.409. The van der Waals surface area contributed by atoms with Crippen LogP contribution in [0.3, 0.4) is 0 Å². The van der Waals surface area contributed by atoms with Crippen molar-refractivity contribution in [2.24, 2.45) is 0 Å². The Balaban J connectivity index is 2.39. The van der Waals surface area contributed by atoms with Gasteiger partial charge in [0.2, 0.25) is 0 Å². The maximum atomic E-state index is 5.24. The molecular weight excluding hydrogens is 218 g/mol. The fraction of sp³-hybridized carbons (Fsp3) is 0.333. The minimum Gasteiger partial charge on any atom is -0.496 e. The van der Waals surface area contributed by atoms with Gasteiger partial charge in [0.1, 0.15) is 5.75 Å². The summed E-state index contributed by atoms with van der Waals surface area (Å²) >= 11 is 3.44. The van der Waals surface area contributed by atoms with Gasteiger partial charge in [0, 0.05) is 22.6 Å². The number of nitrogens with one attached hydrogen (secondary N) is 1. The Morgan fingerprint density at radius 3 is 2.92 bits per heavy atom. The Hall–Kier alpha value is -0.540. The van der Waals surface area contributed by atoms with Gasteiger partial charge in [-0.2, -0.15) is 0 Å². The largest absolute Gasteiger partial charge is 0.496 e. The van der Waals surface area contributed by atoms with Crippen LogP contribution >= 0.6 is 15.9 Å². The molecule has 3 heteroatoms. The second kappa shape index (κ2) is 3.07. The first-order valence-electron chi connectivity index (χ1n) is 3.88. The fourth-order valence-corrected chi connectivity index (χ4v) is 1.64. The van der Waals surface area contributed by atoms with Crippen molar-refractivity contribution >= 4 is 15.9 Å². The van der Waals surface area contributed by atoms with Crippen LogP contribution in [0, 0.1) is 0 Å². The highest BCUT2D eigenvalue weighted by molar-refractivity contribution is 9.10. The molecule has 2 rings (SSSR count). The quantitative estimate of drug-likeness (QED) is 0.786. The average Bonchev–Trinajstić information content (AvgIpc) is 2.87. The van der Waals surface area contributed by atoms with Crippen LogP contribution in [-0.2, 0) is 0 Å². The van der Waals surface area contributed by atoms with Crippen LogP contribution in [0.5, 0.6) is 5.75 Å². The summed E-state index contributed by atoms with van der Waals surface area (Å²) in [5.41, 5.74) is 1.24. The average molecular weight is 228 g/mol. The highest BCUT2D eigenvalue weighted by Gasteiger charge is 2.25. The monoisotopic (exact) mass is 227 g/mol. The van der Waals surface area contributed by atoms with E-state index in [-0.39, 0.29) is 0 Å². The van der Waals surface area contributed by atoms with Gasteiger partial charge in [-0.1, -0.05) is 15.9 Å². The van der Waals surface area contributed by atoms with E-state index >= 15 is 0 Å². The summed E-state index contributed by atoms with van der Waals surface area (Å²) in [6.07, 6.45) is 0. The highest BCUT2D eigenvalue weighted by Crippen LogP contribution is 2.32. The number of hydrogen-bond acceptors (Lipinski definition) is 2. The normalized spacial score (nSPS) is 20.7. The van der Waals surface area contributed by atoms with Gasteiger partial charge >= 0.3 is 0 Å². The molecular formula is C9H10BrNO. The topological polar surface area (TPSA) is 31.2 Å². The Morgan fingerprint density at radius 2 is 2.33 bits per heavy atom. The molecule has 64 valence electrons.